The van der Waals surface area contributed by atoms with Crippen molar-refractivity contribution in [3.63, 3.8) is 0 Å². The summed E-state index contributed by atoms with van der Waals surface area (Å²) in [5.74, 6) is 1.36. The second kappa shape index (κ2) is 8.59. The van der Waals surface area contributed by atoms with Crippen molar-refractivity contribution in [3.8, 4) is 11.5 Å². The lowest BCUT2D eigenvalue weighted by atomic mass is 9.79. The molecule has 2 rings (SSSR count). The van der Waals surface area contributed by atoms with Crippen LogP contribution in [0, 0.1) is 11.8 Å². The third-order valence-corrected chi connectivity index (χ3v) is 4.95. The Labute approximate surface area is 151 Å². The van der Waals surface area contributed by atoms with Gasteiger partial charge >= 0.3 is 6.16 Å². The van der Waals surface area contributed by atoms with Gasteiger partial charge in [-0.3, -0.25) is 0 Å². The summed E-state index contributed by atoms with van der Waals surface area (Å²) >= 11 is 0. The molecule has 1 aromatic carbocycles. The van der Waals surface area contributed by atoms with Crippen LogP contribution in [-0.2, 0) is 12.8 Å². The van der Waals surface area contributed by atoms with Crippen LogP contribution < -0.4 is 4.74 Å². The van der Waals surface area contributed by atoms with E-state index in [1.54, 1.807) is 0 Å². The van der Waals surface area contributed by atoms with Gasteiger partial charge in [0.05, 0.1) is 0 Å². The Kier molecular flexibility index (Phi) is 6.74. The summed E-state index contributed by atoms with van der Waals surface area (Å²) in [7, 11) is 0. The summed E-state index contributed by atoms with van der Waals surface area (Å²) < 4.78 is 5.01. The van der Waals surface area contributed by atoms with Gasteiger partial charge in [-0.1, -0.05) is 53.0 Å². The number of hydrogen-bond donors (Lipinski definition) is 2. The van der Waals surface area contributed by atoms with Crippen molar-refractivity contribution in [2.24, 2.45) is 11.8 Å². The molecule has 0 radical (unpaired) electrons. The molecule has 0 saturated heterocycles. The molecule has 0 amide bonds. The maximum atomic E-state index is 11.1. The van der Waals surface area contributed by atoms with E-state index in [4.69, 9.17) is 9.84 Å². The monoisotopic (exact) mass is 348 g/mol. The largest absolute Gasteiger partial charge is 0.511 e. The molecule has 1 aliphatic rings. The van der Waals surface area contributed by atoms with Crippen LogP contribution in [0.5, 0.6) is 11.5 Å². The molecule has 1 fully saturated rings. The molecule has 0 spiro atoms. The predicted octanol–water partition coefficient (Wildman–Crippen LogP) is 5.89. The number of carbonyl (C=O) groups is 1. The fourth-order valence-corrected chi connectivity index (χ4v) is 3.96. The summed E-state index contributed by atoms with van der Waals surface area (Å²) in [6, 6.07) is 2.12. The molecule has 1 saturated carbocycles. The van der Waals surface area contributed by atoms with Crippen LogP contribution in [0.25, 0.3) is 0 Å². The van der Waals surface area contributed by atoms with E-state index in [1.165, 1.54) is 24.8 Å². The minimum Gasteiger partial charge on any atom is -0.504 e. The Bertz CT molecular complexity index is 598. The summed E-state index contributed by atoms with van der Waals surface area (Å²) in [5.41, 5.74) is 2.90. The van der Waals surface area contributed by atoms with Crippen molar-refractivity contribution in [2.75, 3.05) is 0 Å². The minimum atomic E-state index is -1.37. The molecule has 4 heteroatoms. The number of benzene rings is 1. The molecule has 0 bridgehead atoms. The molecule has 4 nitrogen and oxygen atoms in total. The van der Waals surface area contributed by atoms with Crippen LogP contribution in [0.15, 0.2) is 6.07 Å². The molecule has 2 N–H and O–H groups in total. The number of rotatable bonds is 6. The molecule has 0 unspecified atom stereocenters. The van der Waals surface area contributed by atoms with E-state index < -0.39 is 6.16 Å². The highest BCUT2D eigenvalue weighted by Gasteiger charge is 2.26. The van der Waals surface area contributed by atoms with Crippen molar-refractivity contribution in [1.82, 2.24) is 0 Å². The first-order chi connectivity index (χ1) is 11.8. The molecule has 0 aliphatic heterocycles. The number of phenolic OH excluding ortho intramolecular Hbond substituents is 1. The third-order valence-electron chi connectivity index (χ3n) is 4.95. The number of phenols is 1. The normalized spacial score (nSPS) is 15.8. The number of ether oxygens (including phenoxy) is 1. The van der Waals surface area contributed by atoms with Crippen LogP contribution in [-0.4, -0.2) is 16.4 Å². The SMILES string of the molecule is CC(C)Cc1cc(C2CCCCC2)c(CC(C)C)c(O)c1OC(=O)O. The lowest BCUT2D eigenvalue weighted by molar-refractivity contribution is 0.142. The molecule has 1 aromatic rings. The molecule has 0 aromatic heterocycles. The smallest absolute Gasteiger partial charge is 0.504 e. The highest BCUT2D eigenvalue weighted by atomic mass is 16.7. The van der Waals surface area contributed by atoms with Crippen LogP contribution in [0.1, 0.15) is 82.4 Å². The van der Waals surface area contributed by atoms with E-state index in [-0.39, 0.29) is 11.5 Å². The Morgan fingerprint density at radius 3 is 2.24 bits per heavy atom. The maximum Gasteiger partial charge on any atom is 0.511 e. The van der Waals surface area contributed by atoms with Crippen molar-refractivity contribution >= 4 is 6.16 Å². The molecule has 25 heavy (non-hydrogen) atoms. The maximum absolute atomic E-state index is 11.1. The van der Waals surface area contributed by atoms with Crippen LogP contribution in [0.2, 0.25) is 0 Å². The zero-order valence-electron chi connectivity index (χ0n) is 16.0. The fraction of sp³-hybridized carbons (Fsp3) is 0.667. The van der Waals surface area contributed by atoms with Crippen molar-refractivity contribution in [2.45, 2.75) is 78.6 Å². The van der Waals surface area contributed by atoms with E-state index in [9.17, 15) is 9.90 Å². The number of aromatic hydroxyl groups is 1. The first-order valence-corrected chi connectivity index (χ1v) is 9.58. The van der Waals surface area contributed by atoms with Gasteiger partial charge in [-0.2, -0.15) is 0 Å². The van der Waals surface area contributed by atoms with Crippen molar-refractivity contribution in [1.29, 1.82) is 0 Å². The van der Waals surface area contributed by atoms with Crippen LogP contribution in [0.4, 0.5) is 4.79 Å². The van der Waals surface area contributed by atoms with Crippen LogP contribution in [0.3, 0.4) is 0 Å². The molecule has 0 atom stereocenters. The van der Waals surface area contributed by atoms with E-state index in [0.29, 0.717) is 24.2 Å². The first kappa shape index (κ1) is 19.6. The quantitative estimate of drug-likeness (QED) is 0.496. The van der Waals surface area contributed by atoms with E-state index >= 15 is 0 Å². The minimum absolute atomic E-state index is 0.0369. The summed E-state index contributed by atoms with van der Waals surface area (Å²) in [4.78, 5) is 11.1. The van der Waals surface area contributed by atoms with Gasteiger partial charge in [0, 0.05) is 5.56 Å². The van der Waals surface area contributed by atoms with Gasteiger partial charge < -0.3 is 14.9 Å². The van der Waals surface area contributed by atoms with Gasteiger partial charge in [0.2, 0.25) is 0 Å². The topological polar surface area (TPSA) is 66.8 Å². The zero-order valence-corrected chi connectivity index (χ0v) is 16.0. The van der Waals surface area contributed by atoms with Crippen molar-refractivity contribution in [3.05, 3.63) is 22.8 Å². The lowest BCUT2D eigenvalue weighted by Crippen LogP contribution is -2.13. The average Bonchev–Trinajstić information content (AvgIpc) is 2.53. The molecular weight excluding hydrogens is 316 g/mol. The van der Waals surface area contributed by atoms with Crippen molar-refractivity contribution < 1.29 is 19.7 Å². The van der Waals surface area contributed by atoms with Gasteiger partial charge in [0.15, 0.2) is 11.5 Å². The molecular formula is C21H32O4. The van der Waals surface area contributed by atoms with E-state index in [2.05, 4.69) is 33.8 Å². The second-order valence-electron chi connectivity index (χ2n) is 8.18. The predicted molar refractivity (Wildman–Crippen MR) is 99.7 cm³/mol. The number of carboxylic acid groups (broad SMARTS) is 1. The Balaban J connectivity index is 2.57. The molecule has 1 aliphatic carbocycles. The number of hydrogen-bond acceptors (Lipinski definition) is 3. The Morgan fingerprint density at radius 1 is 1.12 bits per heavy atom. The average molecular weight is 348 g/mol. The van der Waals surface area contributed by atoms with Crippen LogP contribution >= 0.6 is 0 Å². The Hall–Kier alpha value is -1.71. The van der Waals surface area contributed by atoms with Gasteiger partial charge in [0.1, 0.15) is 0 Å². The van der Waals surface area contributed by atoms with Gasteiger partial charge in [0.25, 0.3) is 0 Å². The van der Waals surface area contributed by atoms with Gasteiger partial charge in [-0.15, -0.1) is 0 Å². The summed E-state index contributed by atoms with van der Waals surface area (Å²) in [5, 5.41) is 20.0. The van der Waals surface area contributed by atoms with E-state index in [1.807, 2.05) is 0 Å². The fourth-order valence-electron chi connectivity index (χ4n) is 3.96. The first-order valence-electron chi connectivity index (χ1n) is 9.58. The molecule has 140 valence electrons. The third kappa shape index (κ3) is 5.13. The Morgan fingerprint density at radius 2 is 1.72 bits per heavy atom. The summed E-state index contributed by atoms with van der Waals surface area (Å²) in [6.45, 7) is 8.40. The highest BCUT2D eigenvalue weighted by molar-refractivity contribution is 5.66. The molecule has 0 heterocycles. The van der Waals surface area contributed by atoms with E-state index in [0.717, 1.165) is 30.4 Å². The lowest BCUT2D eigenvalue weighted by Gasteiger charge is -2.27. The standard InChI is InChI=1S/C21H32O4/c1-13(2)10-16-12-17(15-8-6-5-7-9-15)18(11-14(3)4)19(22)20(16)25-21(23)24/h12-15,22H,5-11H2,1-4H3,(H,23,24). The summed E-state index contributed by atoms with van der Waals surface area (Å²) in [6.07, 6.45) is 6.06. The van der Waals surface area contributed by atoms with Gasteiger partial charge in [-0.25, -0.2) is 4.79 Å². The zero-order chi connectivity index (χ0) is 18.6. The van der Waals surface area contributed by atoms with Gasteiger partial charge in [-0.05, 0) is 54.6 Å². The highest BCUT2D eigenvalue weighted by Crippen LogP contribution is 2.44. The second-order valence-corrected chi connectivity index (χ2v) is 8.18.